The molecule has 0 fully saturated rings. The Balaban J connectivity index is 2.15. The lowest BCUT2D eigenvalue weighted by molar-refractivity contribution is -0.301. The van der Waals surface area contributed by atoms with Crippen molar-refractivity contribution in [3.63, 3.8) is 0 Å². The number of benzene rings is 2. The van der Waals surface area contributed by atoms with Crippen LogP contribution in [0.15, 0.2) is 62.7 Å². The van der Waals surface area contributed by atoms with E-state index in [1.165, 1.54) is 6.08 Å². The van der Waals surface area contributed by atoms with Crippen molar-refractivity contribution in [2.24, 2.45) is 4.40 Å². The van der Waals surface area contributed by atoms with Gasteiger partial charge in [-0.2, -0.15) is 12.8 Å². The van der Waals surface area contributed by atoms with Crippen molar-refractivity contribution in [3.05, 3.63) is 75.7 Å². The van der Waals surface area contributed by atoms with Gasteiger partial charge < -0.3 is 9.90 Å². The number of rotatable bonds is 5. The van der Waals surface area contributed by atoms with Gasteiger partial charge in [0.15, 0.2) is 5.78 Å². The van der Waals surface area contributed by atoms with E-state index < -0.39 is 21.7 Å². The number of thioether (sulfide) groups is 1. The molecule has 0 N–H and O–H groups in total. The monoisotopic (exact) mass is 414 g/mol. The highest BCUT2D eigenvalue weighted by atomic mass is 32.2. The highest BCUT2D eigenvalue weighted by Crippen LogP contribution is 2.30. The maximum absolute atomic E-state index is 12.9. The Kier molecular flexibility index (Phi) is 5.53. The summed E-state index contributed by atoms with van der Waals surface area (Å²) in [6.07, 6.45) is 1.32. The third kappa shape index (κ3) is 4.07. The van der Waals surface area contributed by atoms with Gasteiger partial charge in [-0.25, -0.2) is 0 Å². The van der Waals surface area contributed by atoms with Gasteiger partial charge in [0.1, 0.15) is 0 Å². The summed E-state index contributed by atoms with van der Waals surface area (Å²) in [7, 11) is -4.03. The normalized spacial score (nSPS) is 15.3. The molecule has 1 aliphatic carbocycles. The summed E-state index contributed by atoms with van der Waals surface area (Å²) >= 11 is 0.782. The molecule has 2 aromatic carbocycles. The van der Waals surface area contributed by atoms with Crippen LogP contribution in [0, 0.1) is 13.8 Å². The molecule has 1 aliphatic rings. The lowest BCUT2D eigenvalue weighted by Crippen LogP contribution is -2.25. The molecular formula is C20H16NO5S2-. The summed E-state index contributed by atoms with van der Waals surface area (Å²) in [5, 5.41) is 10.8. The molecule has 0 spiro atoms. The van der Waals surface area contributed by atoms with Gasteiger partial charge in [0, 0.05) is 16.9 Å². The number of Topliss-reactive ketones (excluding diaryl/α,β-unsaturated/α-hetero) is 1. The second kappa shape index (κ2) is 7.73. The Hall–Kier alpha value is -2.71. The summed E-state index contributed by atoms with van der Waals surface area (Å²) in [5.41, 5.74) is 2.10. The van der Waals surface area contributed by atoms with E-state index in [1.807, 2.05) is 6.07 Å². The lowest BCUT2D eigenvalue weighted by atomic mass is 9.94. The summed E-state index contributed by atoms with van der Waals surface area (Å²) in [5.74, 6) is -2.11. The smallest absolute Gasteiger partial charge is 0.283 e. The van der Waals surface area contributed by atoms with Crippen LogP contribution in [-0.4, -0.2) is 31.6 Å². The number of hydrogen-bond donors (Lipinski definition) is 0. The molecule has 144 valence electrons. The highest BCUT2D eigenvalue weighted by Gasteiger charge is 2.26. The van der Waals surface area contributed by atoms with Gasteiger partial charge in [-0.1, -0.05) is 36.4 Å². The van der Waals surface area contributed by atoms with Gasteiger partial charge >= 0.3 is 0 Å². The number of aryl methyl sites for hydroxylation is 2. The maximum Gasteiger partial charge on any atom is 0.283 e. The molecule has 0 amide bonds. The van der Waals surface area contributed by atoms with Crippen LogP contribution in [0.2, 0.25) is 0 Å². The fourth-order valence-electron chi connectivity index (χ4n) is 2.79. The third-order valence-corrected chi connectivity index (χ3v) is 6.55. The van der Waals surface area contributed by atoms with Crippen LogP contribution in [0.5, 0.6) is 0 Å². The fourth-order valence-corrected chi connectivity index (χ4v) is 4.82. The molecule has 0 aliphatic heterocycles. The van der Waals surface area contributed by atoms with E-state index in [9.17, 15) is 23.1 Å². The van der Waals surface area contributed by atoms with Gasteiger partial charge in [0.2, 0.25) is 0 Å². The van der Waals surface area contributed by atoms with Gasteiger partial charge in [-0.15, -0.1) is 11.8 Å². The quantitative estimate of drug-likeness (QED) is 0.742. The number of nitrogens with zero attached hydrogens (tertiary/aromatic N) is 1. The Bertz CT molecular complexity index is 1150. The van der Waals surface area contributed by atoms with E-state index in [0.717, 1.165) is 17.3 Å². The molecule has 8 heteroatoms. The second-order valence-corrected chi connectivity index (χ2v) is 8.85. The van der Waals surface area contributed by atoms with Crippen molar-refractivity contribution in [1.29, 1.82) is 0 Å². The lowest BCUT2D eigenvalue weighted by Gasteiger charge is -2.17. The van der Waals surface area contributed by atoms with Crippen molar-refractivity contribution < 1.29 is 23.1 Å². The first-order valence-corrected chi connectivity index (χ1v) is 10.7. The summed E-state index contributed by atoms with van der Waals surface area (Å²) in [6, 6.07) is 11.6. The SMILES string of the molecule is Cc1ccc(C)c(S(=O)(=O)N=C2C=C(SCC(=O)[O-])C(=O)c3ccccc32)c1. The standard InChI is InChI=1S/C20H17NO5S2/c1-12-7-8-13(2)18(9-12)28(25,26)21-16-10-17(27-11-19(22)23)20(24)15-6-4-3-5-14(15)16/h3-10H,11H2,1-2H3,(H,22,23)/p-1. The predicted molar refractivity (Wildman–Crippen MR) is 106 cm³/mol. The van der Waals surface area contributed by atoms with E-state index >= 15 is 0 Å². The van der Waals surface area contributed by atoms with E-state index in [1.54, 1.807) is 50.2 Å². The molecule has 2 aromatic rings. The molecule has 0 saturated carbocycles. The average Bonchev–Trinajstić information content (AvgIpc) is 2.64. The molecule has 0 unspecified atom stereocenters. The third-order valence-electron chi connectivity index (χ3n) is 4.12. The van der Waals surface area contributed by atoms with Gasteiger partial charge in [0.05, 0.1) is 21.5 Å². The number of sulfonamides is 1. The molecular weight excluding hydrogens is 398 g/mol. The summed E-state index contributed by atoms with van der Waals surface area (Å²) in [6.45, 7) is 3.47. The Morgan fingerprint density at radius 3 is 2.46 bits per heavy atom. The Labute approximate surface area is 167 Å². The molecule has 0 bridgehead atoms. The fraction of sp³-hybridized carbons (Fsp3) is 0.150. The van der Waals surface area contributed by atoms with Gasteiger partial charge in [0.25, 0.3) is 10.0 Å². The van der Waals surface area contributed by atoms with Gasteiger partial charge in [-0.3, -0.25) is 4.79 Å². The van der Waals surface area contributed by atoms with Gasteiger partial charge in [-0.05, 0) is 37.1 Å². The van der Waals surface area contributed by atoms with E-state index in [2.05, 4.69) is 4.40 Å². The molecule has 3 rings (SSSR count). The zero-order valence-corrected chi connectivity index (χ0v) is 16.8. The number of carboxylic acid groups (broad SMARTS) is 1. The van der Waals surface area contributed by atoms with Crippen molar-refractivity contribution in [2.75, 3.05) is 5.75 Å². The first kappa shape index (κ1) is 20.0. The molecule has 6 nitrogen and oxygen atoms in total. The maximum atomic E-state index is 12.9. The van der Waals surface area contributed by atoms with Crippen LogP contribution in [0.4, 0.5) is 0 Å². The minimum absolute atomic E-state index is 0.0896. The Morgan fingerprint density at radius 1 is 1.11 bits per heavy atom. The first-order chi connectivity index (χ1) is 13.2. The van der Waals surface area contributed by atoms with Crippen molar-refractivity contribution in [1.82, 2.24) is 0 Å². The predicted octanol–water partition coefficient (Wildman–Crippen LogP) is 2.04. The molecule has 0 heterocycles. The van der Waals surface area contributed by atoms with Crippen LogP contribution in [0.25, 0.3) is 0 Å². The van der Waals surface area contributed by atoms with Crippen LogP contribution >= 0.6 is 11.8 Å². The zero-order valence-electron chi connectivity index (χ0n) is 15.1. The molecule has 28 heavy (non-hydrogen) atoms. The minimum Gasteiger partial charge on any atom is -0.549 e. The topological polar surface area (TPSA) is 104 Å². The zero-order chi connectivity index (χ0) is 20.5. The van der Waals surface area contributed by atoms with Crippen LogP contribution in [0.1, 0.15) is 27.0 Å². The van der Waals surface area contributed by atoms with Crippen molar-refractivity contribution in [3.8, 4) is 0 Å². The summed E-state index contributed by atoms with van der Waals surface area (Å²) < 4.78 is 29.8. The number of hydrogen-bond acceptors (Lipinski definition) is 6. The molecule has 0 aromatic heterocycles. The number of aliphatic carboxylic acids is 1. The van der Waals surface area contributed by atoms with Crippen molar-refractivity contribution in [2.45, 2.75) is 18.7 Å². The highest BCUT2D eigenvalue weighted by molar-refractivity contribution is 8.04. The van der Waals surface area contributed by atoms with E-state index in [0.29, 0.717) is 11.1 Å². The number of ketones is 1. The second-order valence-electron chi connectivity index (χ2n) is 6.26. The first-order valence-electron chi connectivity index (χ1n) is 8.30. The molecule has 0 radical (unpaired) electrons. The number of carbonyl (C=O) groups is 2. The van der Waals surface area contributed by atoms with Crippen LogP contribution in [-0.2, 0) is 14.8 Å². The molecule has 0 atom stereocenters. The largest absolute Gasteiger partial charge is 0.549 e. The average molecular weight is 414 g/mol. The van der Waals surface area contributed by atoms with E-state index in [4.69, 9.17) is 0 Å². The van der Waals surface area contributed by atoms with Crippen LogP contribution in [0.3, 0.4) is 0 Å². The number of carboxylic acids is 1. The van der Waals surface area contributed by atoms with Crippen molar-refractivity contribution >= 4 is 39.2 Å². The number of carbonyl (C=O) groups excluding carboxylic acids is 2. The molecule has 0 saturated heterocycles. The summed E-state index contributed by atoms with van der Waals surface area (Å²) in [4.78, 5) is 23.6. The van der Waals surface area contributed by atoms with Crippen LogP contribution < -0.4 is 5.11 Å². The number of allylic oxidation sites excluding steroid dienone is 2. The van der Waals surface area contributed by atoms with E-state index in [-0.39, 0.29) is 26.9 Å². The minimum atomic E-state index is -4.03. The number of fused-ring (bicyclic) bond motifs is 1. The Morgan fingerprint density at radius 2 is 1.79 bits per heavy atom.